The molecular formula is C32H39N3O10S. The van der Waals surface area contributed by atoms with E-state index in [4.69, 9.17) is 14.2 Å². The van der Waals surface area contributed by atoms with Crippen molar-refractivity contribution in [3.8, 4) is 0 Å². The Bertz CT molecular complexity index is 1730. The molecule has 0 saturated carbocycles. The van der Waals surface area contributed by atoms with Crippen LogP contribution in [0.1, 0.15) is 57.5 Å². The van der Waals surface area contributed by atoms with Crippen LogP contribution >= 0.6 is 0 Å². The number of benzene rings is 2. The maximum absolute atomic E-state index is 14.1. The highest BCUT2D eigenvalue weighted by molar-refractivity contribution is 7.89. The fraction of sp³-hybridized carbons (Fsp3) is 0.406. The largest absolute Gasteiger partial charge is 0.467 e. The summed E-state index contributed by atoms with van der Waals surface area (Å²) in [5.41, 5.74) is -0.778. The molecule has 1 atom stereocenters. The number of rotatable bonds is 9. The molecule has 1 unspecified atom stereocenters. The lowest BCUT2D eigenvalue weighted by atomic mass is 10.2. The van der Waals surface area contributed by atoms with E-state index in [9.17, 15) is 32.4 Å². The number of imide groups is 1. The molecule has 0 bridgehead atoms. The van der Waals surface area contributed by atoms with Crippen LogP contribution in [0.3, 0.4) is 0 Å². The molecule has 2 aromatic carbocycles. The third-order valence-corrected chi connectivity index (χ3v) is 8.17. The third-order valence-electron chi connectivity index (χ3n) is 6.44. The molecule has 0 N–H and O–H groups in total. The van der Waals surface area contributed by atoms with Gasteiger partial charge in [0, 0.05) is 22.7 Å². The zero-order valence-corrected chi connectivity index (χ0v) is 27.9. The van der Waals surface area contributed by atoms with E-state index in [2.05, 4.69) is 0 Å². The minimum absolute atomic E-state index is 0.201. The molecule has 13 nitrogen and oxygen atoms in total. The molecule has 1 heterocycles. The second-order valence-corrected chi connectivity index (χ2v) is 14.3. The summed E-state index contributed by atoms with van der Waals surface area (Å²) < 4.78 is 45.0. The third kappa shape index (κ3) is 8.50. The molecule has 0 radical (unpaired) electrons. The van der Waals surface area contributed by atoms with E-state index in [1.165, 1.54) is 76.6 Å². The Balaban J connectivity index is 2.16. The lowest BCUT2D eigenvalue weighted by Gasteiger charge is -2.33. The first-order valence-electron chi connectivity index (χ1n) is 14.3. The zero-order chi connectivity index (χ0) is 34.6. The molecule has 3 amide bonds. The molecule has 0 aliphatic carbocycles. The first kappa shape index (κ1) is 35.8. The highest BCUT2D eigenvalue weighted by Gasteiger charge is 2.43. The molecular weight excluding hydrogens is 618 g/mol. The molecule has 248 valence electrons. The van der Waals surface area contributed by atoms with Crippen molar-refractivity contribution >= 4 is 51.3 Å². The first-order valence-corrected chi connectivity index (χ1v) is 15.7. The monoisotopic (exact) mass is 657 g/mol. The topological polar surface area (TPSA) is 159 Å². The second-order valence-electron chi connectivity index (χ2n) is 12.5. The van der Waals surface area contributed by atoms with Gasteiger partial charge in [0.25, 0.3) is 15.9 Å². The summed E-state index contributed by atoms with van der Waals surface area (Å²) in [6.45, 7) is 9.24. The Hall–Kier alpha value is -4.72. The SMILES string of the molecule is COC(=O)C(Cn1cc(C=O)c2ccccc21)N(C(=O)CN(C(=O)OC(C)(C)C)S(=O)(=O)c1ccc(C)cc1)C(=O)OC(C)(C)C. The van der Waals surface area contributed by atoms with Gasteiger partial charge in [0.05, 0.1) is 18.6 Å². The number of nitrogens with zero attached hydrogens (tertiary/aromatic N) is 3. The number of sulfonamides is 1. The number of aromatic nitrogens is 1. The summed E-state index contributed by atoms with van der Waals surface area (Å²) in [6.07, 6.45) is -0.610. The van der Waals surface area contributed by atoms with E-state index >= 15 is 0 Å². The number of para-hydroxylation sites is 1. The van der Waals surface area contributed by atoms with Crippen molar-refractivity contribution in [3.63, 3.8) is 0 Å². The fourth-order valence-corrected chi connectivity index (χ4v) is 5.66. The maximum Gasteiger partial charge on any atom is 0.424 e. The van der Waals surface area contributed by atoms with Crippen LogP contribution in [0.4, 0.5) is 9.59 Å². The Morgan fingerprint density at radius 3 is 2.00 bits per heavy atom. The highest BCUT2D eigenvalue weighted by Crippen LogP contribution is 2.24. The number of fused-ring (bicyclic) bond motifs is 1. The molecule has 0 spiro atoms. The molecule has 0 aliphatic heterocycles. The number of carbonyl (C=O) groups excluding carboxylic acids is 5. The standard InChI is InChI=1S/C32H39N3O10S/c1-21-13-15-23(16-14-21)46(41,42)34(29(39)44-31(2,3)4)19-27(37)35(30(40)45-32(5,6)7)26(28(38)43-8)18-33-17-22(20-36)24-11-9-10-12-25(24)33/h9-17,20,26H,18-19H2,1-8H3. The summed E-state index contributed by atoms with van der Waals surface area (Å²) >= 11 is 0. The smallest absolute Gasteiger partial charge is 0.424 e. The van der Waals surface area contributed by atoms with Crippen LogP contribution < -0.4 is 0 Å². The number of methoxy groups -OCH3 is 1. The van der Waals surface area contributed by atoms with Crippen molar-refractivity contribution in [1.29, 1.82) is 0 Å². The van der Waals surface area contributed by atoms with Gasteiger partial charge in [-0.1, -0.05) is 35.9 Å². The van der Waals surface area contributed by atoms with Crippen molar-refractivity contribution < 1.29 is 46.6 Å². The van der Waals surface area contributed by atoms with Crippen molar-refractivity contribution in [2.75, 3.05) is 13.7 Å². The molecule has 0 aliphatic rings. The predicted octanol–water partition coefficient (Wildman–Crippen LogP) is 4.69. The highest BCUT2D eigenvalue weighted by atomic mass is 32.2. The van der Waals surface area contributed by atoms with E-state index in [1.54, 1.807) is 31.2 Å². The Labute approximate surface area is 268 Å². The van der Waals surface area contributed by atoms with Gasteiger partial charge >= 0.3 is 18.2 Å². The summed E-state index contributed by atoms with van der Waals surface area (Å²) in [4.78, 5) is 66.2. The predicted molar refractivity (Wildman–Crippen MR) is 168 cm³/mol. The van der Waals surface area contributed by atoms with Crippen LogP contribution in [-0.4, -0.2) is 83.4 Å². The lowest BCUT2D eigenvalue weighted by molar-refractivity contribution is -0.152. The van der Waals surface area contributed by atoms with Crippen LogP contribution in [0.5, 0.6) is 0 Å². The summed E-state index contributed by atoms with van der Waals surface area (Å²) in [7, 11) is -3.67. The molecule has 0 saturated heterocycles. The van der Waals surface area contributed by atoms with Crippen LogP contribution in [0.2, 0.25) is 0 Å². The second kappa shape index (κ2) is 13.7. The molecule has 14 heteroatoms. The van der Waals surface area contributed by atoms with E-state index in [-0.39, 0.29) is 14.8 Å². The van der Waals surface area contributed by atoms with Gasteiger partial charge in [0.2, 0.25) is 0 Å². The van der Waals surface area contributed by atoms with Gasteiger partial charge in [-0.05, 0) is 66.7 Å². The van der Waals surface area contributed by atoms with Gasteiger partial charge in [0.15, 0.2) is 12.3 Å². The van der Waals surface area contributed by atoms with E-state index in [0.29, 0.717) is 22.1 Å². The minimum Gasteiger partial charge on any atom is -0.467 e. The average Bonchev–Trinajstić information content (AvgIpc) is 3.30. The van der Waals surface area contributed by atoms with Crippen LogP contribution in [0, 0.1) is 6.92 Å². The molecule has 1 aromatic heterocycles. The molecule has 0 fully saturated rings. The quantitative estimate of drug-likeness (QED) is 0.179. The number of esters is 1. The van der Waals surface area contributed by atoms with Gasteiger partial charge in [-0.25, -0.2) is 27.7 Å². The van der Waals surface area contributed by atoms with E-state index in [0.717, 1.165) is 12.7 Å². The van der Waals surface area contributed by atoms with Crippen molar-refractivity contribution in [2.45, 2.75) is 77.2 Å². The van der Waals surface area contributed by atoms with Gasteiger partial charge in [0.1, 0.15) is 17.7 Å². The van der Waals surface area contributed by atoms with E-state index < -0.39 is 64.4 Å². The van der Waals surface area contributed by atoms with Gasteiger partial charge < -0.3 is 18.8 Å². The number of hydrogen-bond donors (Lipinski definition) is 0. The van der Waals surface area contributed by atoms with Gasteiger partial charge in [-0.2, -0.15) is 4.31 Å². The Kier molecular flexibility index (Phi) is 10.7. The average molecular weight is 658 g/mol. The normalized spacial score (nSPS) is 12.6. The van der Waals surface area contributed by atoms with Crippen LogP contribution in [0.25, 0.3) is 10.9 Å². The summed E-state index contributed by atoms with van der Waals surface area (Å²) in [5.74, 6) is -2.33. The Morgan fingerprint density at radius 2 is 1.46 bits per heavy atom. The number of hydrogen-bond acceptors (Lipinski definition) is 10. The van der Waals surface area contributed by atoms with E-state index in [1.807, 2.05) is 0 Å². The number of aryl methyl sites for hydroxylation is 1. The van der Waals surface area contributed by atoms with Gasteiger partial charge in [-0.15, -0.1) is 0 Å². The zero-order valence-electron chi connectivity index (χ0n) is 27.1. The van der Waals surface area contributed by atoms with Crippen molar-refractivity contribution in [1.82, 2.24) is 13.8 Å². The van der Waals surface area contributed by atoms with Crippen molar-refractivity contribution in [3.05, 3.63) is 65.9 Å². The molecule has 3 rings (SSSR count). The fourth-order valence-electron chi connectivity index (χ4n) is 4.42. The minimum atomic E-state index is -4.72. The number of carbonyl (C=O) groups is 5. The van der Waals surface area contributed by atoms with Crippen LogP contribution in [0.15, 0.2) is 59.6 Å². The molecule has 3 aromatic rings. The number of amides is 3. The first-order chi connectivity index (χ1) is 21.3. The Morgan fingerprint density at radius 1 is 0.891 bits per heavy atom. The van der Waals surface area contributed by atoms with Crippen molar-refractivity contribution in [2.24, 2.45) is 0 Å². The van der Waals surface area contributed by atoms with Gasteiger partial charge in [-0.3, -0.25) is 9.59 Å². The lowest BCUT2D eigenvalue weighted by Crippen LogP contribution is -2.56. The maximum atomic E-state index is 14.1. The number of ether oxygens (including phenoxy) is 3. The molecule has 46 heavy (non-hydrogen) atoms. The summed E-state index contributed by atoms with van der Waals surface area (Å²) in [6, 6.07) is 10.6. The van der Waals surface area contributed by atoms with Crippen LogP contribution in [-0.2, 0) is 40.4 Å². The summed E-state index contributed by atoms with van der Waals surface area (Å²) in [5, 5.41) is 0.552. The number of aldehydes is 1.